The van der Waals surface area contributed by atoms with E-state index in [-0.39, 0.29) is 61.8 Å². The Balaban J connectivity index is 0.000000206. The third-order valence-corrected chi connectivity index (χ3v) is 10.6. The number of amides is 2. The number of hydrogen-bond donors (Lipinski definition) is 2. The normalized spacial score (nSPS) is 11.3. The van der Waals surface area contributed by atoms with E-state index in [1.807, 2.05) is 6.07 Å². The summed E-state index contributed by atoms with van der Waals surface area (Å²) in [5.74, 6) is -5.10. The minimum atomic E-state index is -4.70. The van der Waals surface area contributed by atoms with Crippen LogP contribution in [-0.2, 0) is 12.4 Å². The molecule has 12 nitrogen and oxygen atoms in total. The van der Waals surface area contributed by atoms with Gasteiger partial charge in [-0.2, -0.15) is 31.6 Å². The second-order valence-electron chi connectivity index (χ2n) is 14.5. The Morgan fingerprint density at radius 2 is 1.13 bits per heavy atom. The number of nitrogens with one attached hydrogen (secondary N) is 2. The maximum atomic E-state index is 15.2. The van der Waals surface area contributed by atoms with Gasteiger partial charge in [0.15, 0.2) is 28.9 Å². The summed E-state index contributed by atoms with van der Waals surface area (Å²) in [7, 11) is 1.41. The van der Waals surface area contributed by atoms with Crippen LogP contribution < -0.4 is 15.4 Å². The summed E-state index contributed by atoms with van der Waals surface area (Å²) in [5.41, 5.74) is -2.30. The number of carbonyl (C=O) groups is 4. The molecule has 2 heterocycles. The molecule has 0 aliphatic rings. The predicted octanol–water partition coefficient (Wildman–Crippen LogP) is 11.7. The molecule has 8 aromatic rings. The molecule has 352 valence electrons. The van der Waals surface area contributed by atoms with Crippen LogP contribution in [0.15, 0.2) is 122 Å². The van der Waals surface area contributed by atoms with Crippen molar-refractivity contribution in [2.24, 2.45) is 0 Å². The van der Waals surface area contributed by atoms with E-state index < -0.39 is 68.5 Å². The highest BCUT2D eigenvalue weighted by Crippen LogP contribution is 2.36. The lowest BCUT2D eigenvalue weighted by Crippen LogP contribution is -2.16. The predicted molar refractivity (Wildman–Crippen MR) is 239 cm³/mol. The summed E-state index contributed by atoms with van der Waals surface area (Å²) in [4.78, 5) is 67.5. The molecule has 0 aliphatic carbocycles. The number of fused-ring (bicyclic) bond motifs is 2. The number of aromatic nitrogens is 4. The standard InChI is InChI=1S/C24H11ClF4N4O2.C24H14ClF4N3O3/c25-17-8-13(4-6-16(17)24(27,28)29)23(35)33-19-3-1-2-15(21(19)26)22(34)12-5-7-18-20(9-12)32-14(10-30)11-31-18;1-35-20-11-30-17-8-5-12(9-19(17)31-20)22(33)15-3-2-4-18(21(15)26)32-23(34)14-7-6-13(10-16(14)25)24(27,28)29/h1-9,11H,(H,33,35);2-11H,1H3,(H,32,34). The lowest BCUT2D eigenvalue weighted by Gasteiger charge is -2.12. The largest absolute Gasteiger partial charge is 0.480 e. The van der Waals surface area contributed by atoms with Crippen molar-refractivity contribution in [2.75, 3.05) is 17.7 Å². The highest BCUT2D eigenvalue weighted by molar-refractivity contribution is 6.34. The third kappa shape index (κ3) is 10.8. The Morgan fingerprint density at radius 3 is 1.64 bits per heavy atom. The molecule has 0 saturated carbocycles. The number of hydrogen-bond acceptors (Lipinski definition) is 10. The summed E-state index contributed by atoms with van der Waals surface area (Å²) in [6.45, 7) is 0. The maximum Gasteiger partial charge on any atom is 0.417 e. The van der Waals surface area contributed by atoms with E-state index in [4.69, 9.17) is 33.2 Å². The van der Waals surface area contributed by atoms with Crippen molar-refractivity contribution in [1.29, 1.82) is 5.26 Å². The van der Waals surface area contributed by atoms with Crippen molar-refractivity contribution in [3.8, 4) is 11.9 Å². The quantitative estimate of drug-likeness (QED) is 0.104. The second kappa shape index (κ2) is 20.0. The second-order valence-corrected chi connectivity index (χ2v) is 15.3. The number of anilines is 2. The average molecular weight is 1000 g/mol. The van der Waals surface area contributed by atoms with Crippen molar-refractivity contribution in [2.45, 2.75) is 12.4 Å². The molecule has 0 unspecified atom stereocenters. The molecule has 22 heteroatoms. The van der Waals surface area contributed by atoms with E-state index in [1.54, 1.807) is 6.07 Å². The fraction of sp³-hybridized carbons (Fsp3) is 0.0625. The first-order valence-corrected chi connectivity index (χ1v) is 20.4. The van der Waals surface area contributed by atoms with Gasteiger partial charge in [-0.15, -0.1) is 0 Å². The first-order valence-electron chi connectivity index (χ1n) is 19.7. The van der Waals surface area contributed by atoms with Crippen LogP contribution in [0.2, 0.25) is 10.0 Å². The average Bonchev–Trinajstić information content (AvgIpc) is 3.33. The van der Waals surface area contributed by atoms with Gasteiger partial charge < -0.3 is 15.4 Å². The van der Waals surface area contributed by atoms with Crippen molar-refractivity contribution >= 4 is 80.0 Å². The molecule has 8 rings (SSSR count). The third-order valence-electron chi connectivity index (χ3n) is 9.97. The van der Waals surface area contributed by atoms with Crippen molar-refractivity contribution in [3.05, 3.63) is 193 Å². The van der Waals surface area contributed by atoms with Crippen LogP contribution in [0.3, 0.4) is 0 Å². The van der Waals surface area contributed by atoms with E-state index in [0.29, 0.717) is 34.7 Å². The van der Waals surface area contributed by atoms with Gasteiger partial charge in [0.2, 0.25) is 5.88 Å². The van der Waals surface area contributed by atoms with Gasteiger partial charge in [-0.05, 0) is 97.1 Å². The number of rotatable bonds is 9. The number of nitriles is 1. The molecular weight excluding hydrogens is 977 g/mol. The highest BCUT2D eigenvalue weighted by atomic mass is 35.5. The van der Waals surface area contributed by atoms with Crippen LogP contribution >= 0.6 is 23.2 Å². The molecule has 0 fully saturated rings. The number of ether oxygens (including phenoxy) is 1. The van der Waals surface area contributed by atoms with E-state index in [9.17, 15) is 45.5 Å². The molecule has 2 amide bonds. The topological polar surface area (TPSA) is 177 Å². The zero-order valence-corrected chi connectivity index (χ0v) is 36.6. The summed E-state index contributed by atoms with van der Waals surface area (Å²) in [6, 6.07) is 22.6. The number of halogens is 10. The minimum absolute atomic E-state index is 0.0429. The summed E-state index contributed by atoms with van der Waals surface area (Å²) < 4.78 is 112. The monoisotopic (exact) mass is 1000 g/mol. The van der Waals surface area contributed by atoms with Crippen LogP contribution in [0.1, 0.15) is 69.4 Å². The van der Waals surface area contributed by atoms with Gasteiger partial charge in [0.05, 0.1) is 90.8 Å². The number of alkyl halides is 6. The molecule has 0 bridgehead atoms. The number of nitrogens with zero attached hydrogens (tertiary/aromatic N) is 5. The molecule has 2 aromatic heterocycles. The first kappa shape index (κ1) is 49.5. The van der Waals surface area contributed by atoms with Gasteiger partial charge in [-0.1, -0.05) is 35.3 Å². The van der Waals surface area contributed by atoms with Gasteiger partial charge in [-0.3, -0.25) is 24.2 Å². The molecule has 0 spiro atoms. The molecule has 0 radical (unpaired) electrons. The van der Waals surface area contributed by atoms with E-state index in [2.05, 4.69) is 30.6 Å². The van der Waals surface area contributed by atoms with Gasteiger partial charge in [0, 0.05) is 16.7 Å². The lowest BCUT2D eigenvalue weighted by atomic mass is 10.0. The summed E-state index contributed by atoms with van der Waals surface area (Å²) in [5, 5.41) is 12.3. The molecule has 0 aliphatic heterocycles. The van der Waals surface area contributed by atoms with E-state index in [0.717, 1.165) is 18.2 Å². The lowest BCUT2D eigenvalue weighted by molar-refractivity contribution is -0.138. The Labute approximate surface area is 398 Å². The zero-order chi connectivity index (χ0) is 50.7. The number of ketones is 2. The fourth-order valence-corrected chi connectivity index (χ4v) is 7.06. The smallest absolute Gasteiger partial charge is 0.417 e. The van der Waals surface area contributed by atoms with Gasteiger partial charge in [0.25, 0.3) is 11.8 Å². The summed E-state index contributed by atoms with van der Waals surface area (Å²) >= 11 is 11.5. The van der Waals surface area contributed by atoms with Gasteiger partial charge in [0.1, 0.15) is 6.07 Å². The van der Waals surface area contributed by atoms with Crippen LogP contribution in [0, 0.1) is 23.0 Å². The molecular formula is C48H25Cl2F8N7O5. The molecule has 70 heavy (non-hydrogen) atoms. The van der Waals surface area contributed by atoms with Gasteiger partial charge in [-0.25, -0.2) is 23.7 Å². The van der Waals surface area contributed by atoms with Crippen LogP contribution in [0.5, 0.6) is 5.88 Å². The Morgan fingerprint density at radius 1 is 0.586 bits per heavy atom. The highest BCUT2D eigenvalue weighted by Gasteiger charge is 2.34. The van der Waals surface area contributed by atoms with Gasteiger partial charge >= 0.3 is 12.4 Å². The van der Waals surface area contributed by atoms with Crippen LogP contribution in [-0.4, -0.2) is 50.4 Å². The summed E-state index contributed by atoms with van der Waals surface area (Å²) in [6.07, 6.45) is -6.64. The molecule has 0 saturated heterocycles. The zero-order valence-electron chi connectivity index (χ0n) is 35.1. The maximum absolute atomic E-state index is 15.2. The van der Waals surface area contributed by atoms with E-state index in [1.165, 1.54) is 86.2 Å². The molecule has 0 atom stereocenters. The fourth-order valence-electron chi connectivity index (χ4n) is 6.51. The molecule has 6 aromatic carbocycles. The Kier molecular flexibility index (Phi) is 14.2. The Bertz CT molecular complexity index is 3480. The number of methoxy groups -OCH3 is 1. The Hall–Kier alpha value is -8.41. The number of carbonyl (C=O) groups excluding carboxylic acids is 4. The van der Waals surface area contributed by atoms with E-state index >= 15 is 8.78 Å². The van der Waals surface area contributed by atoms with Crippen molar-refractivity contribution in [3.63, 3.8) is 0 Å². The first-order chi connectivity index (χ1) is 33.2. The van der Waals surface area contributed by atoms with Crippen molar-refractivity contribution in [1.82, 2.24) is 19.9 Å². The van der Waals surface area contributed by atoms with Crippen LogP contribution in [0.25, 0.3) is 22.1 Å². The van der Waals surface area contributed by atoms with Crippen LogP contribution in [0.4, 0.5) is 46.5 Å². The number of benzene rings is 6. The SMILES string of the molecule is COc1cnc2ccc(C(=O)c3cccc(NC(=O)c4ccc(C(F)(F)F)cc4Cl)c3F)cc2n1.N#Cc1cnc2ccc(C(=O)c3cccc(NC(=O)c4ccc(C(F)(F)F)c(Cl)c4)c3F)cc2n1. The minimum Gasteiger partial charge on any atom is -0.480 e. The van der Waals surface area contributed by atoms with Crippen molar-refractivity contribution < 1.29 is 59.0 Å². The molecule has 2 N–H and O–H groups in total.